The van der Waals surface area contributed by atoms with E-state index in [0.717, 1.165) is 0 Å². The molecule has 0 heterocycles. The number of ether oxygens (including phenoxy) is 2. The van der Waals surface area contributed by atoms with Crippen LogP contribution in [0.5, 0.6) is 0 Å². The van der Waals surface area contributed by atoms with Gasteiger partial charge >= 0.3 is 5.97 Å². The summed E-state index contributed by atoms with van der Waals surface area (Å²) in [4.78, 5) is 11.2. The van der Waals surface area contributed by atoms with Crippen molar-refractivity contribution in [2.24, 2.45) is 5.92 Å². The van der Waals surface area contributed by atoms with E-state index in [2.05, 4.69) is 6.58 Å². The van der Waals surface area contributed by atoms with Crippen molar-refractivity contribution in [3.05, 3.63) is 12.7 Å². The minimum absolute atomic E-state index is 0.139. The summed E-state index contributed by atoms with van der Waals surface area (Å²) in [7, 11) is 0. The van der Waals surface area contributed by atoms with Crippen molar-refractivity contribution in [1.82, 2.24) is 0 Å². The number of carbonyl (C=O) groups is 1. The molecule has 0 N–H and O–H groups in total. The second-order valence-electron chi connectivity index (χ2n) is 3.19. The summed E-state index contributed by atoms with van der Waals surface area (Å²) < 4.78 is 10.2. The van der Waals surface area contributed by atoms with Crippen LogP contribution in [-0.2, 0) is 14.3 Å². The van der Waals surface area contributed by atoms with Gasteiger partial charge in [0.15, 0.2) is 0 Å². The number of halogens is 1. The maximum Gasteiger partial charge on any atom is 0.308 e. The third kappa shape index (κ3) is 6.00. The van der Waals surface area contributed by atoms with Gasteiger partial charge in [0.1, 0.15) is 6.10 Å². The molecule has 1 atom stereocenters. The Bertz CT molecular complexity index is 180. The number of esters is 1. The van der Waals surface area contributed by atoms with Gasteiger partial charge in [-0.25, -0.2) is 0 Å². The monoisotopic (exact) mass is 220 g/mol. The van der Waals surface area contributed by atoms with E-state index in [1.165, 1.54) is 0 Å². The summed E-state index contributed by atoms with van der Waals surface area (Å²) in [6.07, 6.45) is 1.27. The number of hydrogen-bond acceptors (Lipinski definition) is 3. The highest BCUT2D eigenvalue weighted by molar-refractivity contribution is 6.18. The molecule has 0 saturated heterocycles. The first-order valence-electron chi connectivity index (χ1n) is 4.56. The highest BCUT2D eigenvalue weighted by Crippen LogP contribution is 2.03. The predicted molar refractivity (Wildman–Crippen MR) is 56.5 cm³/mol. The van der Waals surface area contributed by atoms with Crippen LogP contribution >= 0.6 is 11.6 Å². The van der Waals surface area contributed by atoms with Crippen LogP contribution < -0.4 is 0 Å². The molecule has 0 saturated carbocycles. The summed E-state index contributed by atoms with van der Waals surface area (Å²) >= 11 is 5.61. The van der Waals surface area contributed by atoms with Gasteiger partial charge < -0.3 is 9.47 Å². The lowest BCUT2D eigenvalue weighted by atomic mass is 10.2. The van der Waals surface area contributed by atoms with Crippen LogP contribution in [0, 0.1) is 5.92 Å². The number of hydrogen-bond donors (Lipinski definition) is 0. The molecule has 0 fully saturated rings. The second kappa shape index (κ2) is 7.83. The minimum Gasteiger partial charge on any atom is -0.458 e. The average molecular weight is 221 g/mol. The SMILES string of the molecule is C=CCOCC(CCl)OC(=O)C(C)C. The molecular weight excluding hydrogens is 204 g/mol. The van der Waals surface area contributed by atoms with E-state index >= 15 is 0 Å². The molecule has 0 bridgehead atoms. The maximum atomic E-state index is 11.2. The quantitative estimate of drug-likeness (QED) is 0.285. The molecule has 0 aromatic heterocycles. The maximum absolute atomic E-state index is 11.2. The molecule has 0 aromatic carbocycles. The number of rotatable bonds is 7. The molecule has 0 aliphatic heterocycles. The zero-order chi connectivity index (χ0) is 11.0. The molecule has 14 heavy (non-hydrogen) atoms. The Labute approximate surface area is 90.0 Å². The fourth-order valence-corrected chi connectivity index (χ4v) is 0.845. The van der Waals surface area contributed by atoms with Crippen molar-refractivity contribution in [2.45, 2.75) is 20.0 Å². The Morgan fingerprint density at radius 1 is 1.57 bits per heavy atom. The molecule has 4 heteroatoms. The van der Waals surface area contributed by atoms with Gasteiger partial charge in [0.2, 0.25) is 0 Å². The normalized spacial score (nSPS) is 12.6. The Balaban J connectivity index is 3.78. The molecule has 0 aliphatic carbocycles. The summed E-state index contributed by atoms with van der Waals surface area (Å²) in [5.41, 5.74) is 0. The number of alkyl halides is 1. The first-order valence-corrected chi connectivity index (χ1v) is 5.10. The number of carbonyl (C=O) groups excluding carboxylic acids is 1. The van der Waals surface area contributed by atoms with Crippen molar-refractivity contribution in [3.8, 4) is 0 Å². The highest BCUT2D eigenvalue weighted by atomic mass is 35.5. The average Bonchev–Trinajstić information content (AvgIpc) is 2.16. The van der Waals surface area contributed by atoms with Gasteiger partial charge in [-0.15, -0.1) is 18.2 Å². The fourth-order valence-electron chi connectivity index (χ4n) is 0.693. The first kappa shape index (κ1) is 13.5. The lowest BCUT2D eigenvalue weighted by Gasteiger charge is -2.16. The van der Waals surface area contributed by atoms with Crippen LogP contribution in [0.3, 0.4) is 0 Å². The molecule has 82 valence electrons. The molecule has 0 aromatic rings. The summed E-state index contributed by atoms with van der Waals surface area (Å²) in [5, 5.41) is 0. The molecule has 0 spiro atoms. The first-order chi connectivity index (χ1) is 6.61. The van der Waals surface area contributed by atoms with Gasteiger partial charge in [-0.1, -0.05) is 19.9 Å². The fraction of sp³-hybridized carbons (Fsp3) is 0.700. The molecule has 0 rings (SSSR count). The van der Waals surface area contributed by atoms with Crippen molar-refractivity contribution < 1.29 is 14.3 Å². The smallest absolute Gasteiger partial charge is 0.308 e. The zero-order valence-corrected chi connectivity index (χ0v) is 9.42. The van der Waals surface area contributed by atoms with Gasteiger partial charge in [0, 0.05) is 0 Å². The highest BCUT2D eigenvalue weighted by Gasteiger charge is 2.15. The van der Waals surface area contributed by atoms with E-state index in [0.29, 0.717) is 13.2 Å². The lowest BCUT2D eigenvalue weighted by molar-refractivity contribution is -0.154. The van der Waals surface area contributed by atoms with Crippen molar-refractivity contribution in [3.63, 3.8) is 0 Å². The molecular formula is C10H17ClO3. The predicted octanol–water partition coefficient (Wildman–Crippen LogP) is 2.00. The summed E-state index contributed by atoms with van der Waals surface area (Å²) in [5.74, 6) is -0.145. The van der Waals surface area contributed by atoms with Crippen LogP contribution in [0.4, 0.5) is 0 Å². The third-order valence-corrected chi connectivity index (χ3v) is 1.81. The van der Waals surface area contributed by atoms with Crippen molar-refractivity contribution in [1.29, 1.82) is 0 Å². The van der Waals surface area contributed by atoms with Gasteiger partial charge in [-0.05, 0) is 0 Å². The zero-order valence-electron chi connectivity index (χ0n) is 8.66. The Kier molecular flexibility index (Phi) is 7.52. The second-order valence-corrected chi connectivity index (χ2v) is 3.50. The van der Waals surface area contributed by atoms with Crippen molar-refractivity contribution in [2.75, 3.05) is 19.1 Å². The molecule has 3 nitrogen and oxygen atoms in total. The van der Waals surface area contributed by atoms with Gasteiger partial charge in [0.25, 0.3) is 0 Å². The largest absolute Gasteiger partial charge is 0.458 e. The topological polar surface area (TPSA) is 35.5 Å². The van der Waals surface area contributed by atoms with Crippen LogP contribution in [0.1, 0.15) is 13.8 Å². The summed E-state index contributed by atoms with van der Waals surface area (Å²) in [6, 6.07) is 0. The minimum atomic E-state index is -0.369. The van der Waals surface area contributed by atoms with Crippen LogP contribution in [-0.4, -0.2) is 31.2 Å². The van der Waals surface area contributed by atoms with E-state index in [4.69, 9.17) is 21.1 Å². The van der Waals surface area contributed by atoms with E-state index in [-0.39, 0.29) is 23.9 Å². The molecule has 1 unspecified atom stereocenters. The Morgan fingerprint density at radius 3 is 2.64 bits per heavy atom. The third-order valence-electron chi connectivity index (χ3n) is 1.47. The Hall–Kier alpha value is -0.540. The molecule has 0 aliphatic rings. The van der Waals surface area contributed by atoms with Crippen LogP contribution in [0.2, 0.25) is 0 Å². The van der Waals surface area contributed by atoms with E-state index in [1.54, 1.807) is 19.9 Å². The lowest BCUT2D eigenvalue weighted by Crippen LogP contribution is -2.27. The van der Waals surface area contributed by atoms with Gasteiger partial charge in [-0.2, -0.15) is 0 Å². The van der Waals surface area contributed by atoms with E-state index in [1.807, 2.05) is 0 Å². The Morgan fingerprint density at radius 2 is 2.21 bits per heavy atom. The molecule has 0 radical (unpaired) electrons. The van der Waals surface area contributed by atoms with Crippen molar-refractivity contribution >= 4 is 17.6 Å². The standard InChI is InChI=1S/C10H17ClO3/c1-4-5-13-7-9(6-11)14-10(12)8(2)3/h4,8-9H,1,5-7H2,2-3H3. The van der Waals surface area contributed by atoms with Gasteiger partial charge in [-0.3, -0.25) is 4.79 Å². The van der Waals surface area contributed by atoms with Gasteiger partial charge in [0.05, 0.1) is 25.0 Å². The summed E-state index contributed by atoms with van der Waals surface area (Å²) in [6.45, 7) is 7.81. The van der Waals surface area contributed by atoms with Crippen LogP contribution in [0.15, 0.2) is 12.7 Å². The van der Waals surface area contributed by atoms with E-state index < -0.39 is 0 Å². The van der Waals surface area contributed by atoms with E-state index in [9.17, 15) is 4.79 Å². The molecule has 0 amide bonds. The van der Waals surface area contributed by atoms with Crippen LogP contribution in [0.25, 0.3) is 0 Å².